The van der Waals surface area contributed by atoms with Gasteiger partial charge in [0.05, 0.1) is 10.4 Å². The zero-order valence-corrected chi connectivity index (χ0v) is 11.8. The molecule has 1 atom stereocenters. The molecule has 106 valence electrons. The number of aromatic nitrogens is 1. The van der Waals surface area contributed by atoms with Crippen LogP contribution in [0.25, 0.3) is 10.9 Å². The Kier molecular flexibility index (Phi) is 3.45. The summed E-state index contributed by atoms with van der Waals surface area (Å²) in [6.07, 6.45) is 2.36. The van der Waals surface area contributed by atoms with Crippen molar-refractivity contribution < 1.29 is 13.5 Å². The summed E-state index contributed by atoms with van der Waals surface area (Å²) in [4.78, 5) is 4.48. The van der Waals surface area contributed by atoms with Crippen molar-refractivity contribution in [2.45, 2.75) is 11.3 Å². The minimum absolute atomic E-state index is 0.0309. The molecule has 3 rings (SSSR count). The highest BCUT2D eigenvalue weighted by Crippen LogP contribution is 2.28. The molecule has 0 radical (unpaired) electrons. The summed E-state index contributed by atoms with van der Waals surface area (Å²) in [7, 11) is -3.53. The molecule has 1 unspecified atom stereocenters. The van der Waals surface area contributed by atoms with E-state index in [1.54, 1.807) is 36.5 Å². The molecule has 0 saturated carbocycles. The summed E-state index contributed by atoms with van der Waals surface area (Å²) in [5.41, 5.74) is 0.673. The highest BCUT2D eigenvalue weighted by Gasteiger charge is 2.33. The Balaban J connectivity index is 2.06. The second-order valence-corrected chi connectivity index (χ2v) is 6.93. The molecule has 0 amide bonds. The Morgan fingerprint density at radius 1 is 1.30 bits per heavy atom. The van der Waals surface area contributed by atoms with E-state index in [9.17, 15) is 8.42 Å². The molecule has 1 saturated heterocycles. The third-order valence-electron chi connectivity index (χ3n) is 3.73. The Labute approximate surface area is 117 Å². The number of sulfonamides is 1. The first-order valence-corrected chi connectivity index (χ1v) is 8.01. The number of rotatable bonds is 3. The van der Waals surface area contributed by atoms with Gasteiger partial charge >= 0.3 is 0 Å². The van der Waals surface area contributed by atoms with E-state index in [-0.39, 0.29) is 12.5 Å². The van der Waals surface area contributed by atoms with Crippen molar-refractivity contribution >= 4 is 20.9 Å². The maximum absolute atomic E-state index is 12.7. The predicted molar refractivity (Wildman–Crippen MR) is 75.7 cm³/mol. The van der Waals surface area contributed by atoms with Gasteiger partial charge in [-0.1, -0.05) is 6.07 Å². The van der Waals surface area contributed by atoms with E-state index in [2.05, 4.69) is 4.98 Å². The average Bonchev–Trinajstić information content (AvgIpc) is 2.96. The molecule has 0 bridgehead atoms. The standard InChI is InChI=1S/C14H16N2O3S/c17-10-11-6-8-16(9-11)20(18,19)14-5-1-4-13-12(14)3-2-7-15-13/h1-5,7,11,17H,6,8-10H2. The van der Waals surface area contributed by atoms with Crippen molar-refractivity contribution in [2.75, 3.05) is 19.7 Å². The Morgan fingerprint density at radius 3 is 2.90 bits per heavy atom. The summed E-state index contributed by atoms with van der Waals surface area (Å²) in [5.74, 6) is 0.0397. The lowest BCUT2D eigenvalue weighted by Gasteiger charge is -2.17. The van der Waals surface area contributed by atoms with E-state index >= 15 is 0 Å². The van der Waals surface area contributed by atoms with Gasteiger partial charge in [-0.2, -0.15) is 4.31 Å². The first kappa shape index (κ1) is 13.5. The smallest absolute Gasteiger partial charge is 0.243 e. The predicted octanol–water partition coefficient (Wildman–Crippen LogP) is 1.24. The molecule has 2 heterocycles. The van der Waals surface area contributed by atoms with E-state index in [0.717, 1.165) is 0 Å². The quantitative estimate of drug-likeness (QED) is 0.924. The number of fused-ring (bicyclic) bond motifs is 1. The molecule has 1 aromatic heterocycles. The number of benzene rings is 1. The number of hydrogen-bond donors (Lipinski definition) is 1. The van der Waals surface area contributed by atoms with Gasteiger partial charge in [0, 0.05) is 31.3 Å². The second kappa shape index (κ2) is 5.12. The molecule has 0 spiro atoms. The average molecular weight is 292 g/mol. The summed E-state index contributed by atoms with van der Waals surface area (Å²) >= 11 is 0. The topological polar surface area (TPSA) is 70.5 Å². The van der Waals surface area contributed by atoms with E-state index in [4.69, 9.17) is 5.11 Å². The first-order chi connectivity index (χ1) is 9.63. The van der Waals surface area contributed by atoms with Crippen molar-refractivity contribution in [3.8, 4) is 0 Å². The van der Waals surface area contributed by atoms with Crippen LogP contribution >= 0.6 is 0 Å². The second-order valence-electron chi connectivity index (χ2n) is 5.03. The maximum Gasteiger partial charge on any atom is 0.243 e. The van der Waals surface area contributed by atoms with Crippen molar-refractivity contribution in [3.63, 3.8) is 0 Å². The number of aliphatic hydroxyl groups excluding tert-OH is 1. The SMILES string of the molecule is O=S(=O)(c1cccc2ncccc12)N1CCC(CO)C1. The highest BCUT2D eigenvalue weighted by molar-refractivity contribution is 7.89. The molecule has 1 fully saturated rings. The van der Waals surface area contributed by atoms with Crippen LogP contribution in [0.3, 0.4) is 0 Å². The molecular formula is C14H16N2O3S. The number of nitrogens with zero attached hydrogens (tertiary/aromatic N) is 2. The third-order valence-corrected chi connectivity index (χ3v) is 5.65. The molecule has 6 heteroatoms. The highest BCUT2D eigenvalue weighted by atomic mass is 32.2. The third kappa shape index (κ3) is 2.19. The molecule has 0 aliphatic carbocycles. The summed E-state index contributed by atoms with van der Waals surface area (Å²) in [6, 6.07) is 8.64. The minimum Gasteiger partial charge on any atom is -0.396 e. The van der Waals surface area contributed by atoms with Crippen LogP contribution in [0.4, 0.5) is 0 Å². The minimum atomic E-state index is -3.53. The molecule has 1 aromatic carbocycles. The first-order valence-electron chi connectivity index (χ1n) is 6.57. The zero-order valence-electron chi connectivity index (χ0n) is 10.9. The van der Waals surface area contributed by atoms with E-state index in [1.807, 2.05) is 0 Å². The van der Waals surface area contributed by atoms with Gasteiger partial charge in [0.25, 0.3) is 0 Å². The lowest BCUT2D eigenvalue weighted by molar-refractivity contribution is 0.233. The van der Waals surface area contributed by atoms with Crippen LogP contribution in [0.2, 0.25) is 0 Å². The Morgan fingerprint density at radius 2 is 2.15 bits per heavy atom. The van der Waals surface area contributed by atoms with Gasteiger partial charge in [0.1, 0.15) is 0 Å². The van der Waals surface area contributed by atoms with Crippen LogP contribution < -0.4 is 0 Å². The van der Waals surface area contributed by atoms with Crippen molar-refractivity contribution in [3.05, 3.63) is 36.5 Å². The lowest BCUT2D eigenvalue weighted by Crippen LogP contribution is -2.29. The summed E-state index contributed by atoms with van der Waals surface area (Å²) in [5, 5.41) is 9.80. The van der Waals surface area contributed by atoms with Crippen LogP contribution in [-0.4, -0.2) is 42.5 Å². The van der Waals surface area contributed by atoms with E-state index in [0.29, 0.717) is 35.3 Å². The van der Waals surface area contributed by atoms with Crippen LogP contribution in [-0.2, 0) is 10.0 Å². The molecule has 2 aromatic rings. The van der Waals surface area contributed by atoms with E-state index < -0.39 is 10.0 Å². The maximum atomic E-state index is 12.7. The normalized spacial score (nSPS) is 20.6. The fourth-order valence-corrected chi connectivity index (χ4v) is 4.34. The fraction of sp³-hybridized carbons (Fsp3) is 0.357. The molecule has 5 nitrogen and oxygen atoms in total. The fourth-order valence-electron chi connectivity index (χ4n) is 2.60. The van der Waals surface area contributed by atoms with Gasteiger partial charge in [-0.3, -0.25) is 4.98 Å². The van der Waals surface area contributed by atoms with E-state index in [1.165, 1.54) is 4.31 Å². The van der Waals surface area contributed by atoms with Crippen molar-refractivity contribution in [1.82, 2.24) is 9.29 Å². The molecule has 1 aliphatic rings. The number of aliphatic hydroxyl groups is 1. The lowest BCUT2D eigenvalue weighted by atomic mass is 10.1. The largest absolute Gasteiger partial charge is 0.396 e. The van der Waals surface area contributed by atoms with Crippen LogP contribution in [0, 0.1) is 5.92 Å². The van der Waals surface area contributed by atoms with Gasteiger partial charge < -0.3 is 5.11 Å². The van der Waals surface area contributed by atoms with Gasteiger partial charge in [0.2, 0.25) is 10.0 Å². The number of hydrogen-bond acceptors (Lipinski definition) is 4. The Bertz CT molecular complexity index is 725. The van der Waals surface area contributed by atoms with Gasteiger partial charge in [-0.25, -0.2) is 8.42 Å². The van der Waals surface area contributed by atoms with Crippen LogP contribution in [0.15, 0.2) is 41.4 Å². The monoisotopic (exact) mass is 292 g/mol. The van der Waals surface area contributed by atoms with Crippen LogP contribution in [0.1, 0.15) is 6.42 Å². The molecular weight excluding hydrogens is 276 g/mol. The molecule has 1 N–H and O–H groups in total. The summed E-state index contributed by atoms with van der Waals surface area (Å²) in [6.45, 7) is 0.878. The number of pyridine rings is 1. The van der Waals surface area contributed by atoms with Gasteiger partial charge in [0.15, 0.2) is 0 Å². The molecule has 20 heavy (non-hydrogen) atoms. The van der Waals surface area contributed by atoms with Gasteiger partial charge in [-0.05, 0) is 36.6 Å². The Hall–Kier alpha value is -1.50. The van der Waals surface area contributed by atoms with Crippen molar-refractivity contribution in [1.29, 1.82) is 0 Å². The van der Waals surface area contributed by atoms with Crippen molar-refractivity contribution in [2.24, 2.45) is 5.92 Å². The molecule has 1 aliphatic heterocycles. The summed E-state index contributed by atoms with van der Waals surface area (Å²) < 4.78 is 26.9. The zero-order chi connectivity index (χ0) is 14.2. The van der Waals surface area contributed by atoms with Gasteiger partial charge in [-0.15, -0.1) is 0 Å². The van der Waals surface area contributed by atoms with Crippen LogP contribution in [0.5, 0.6) is 0 Å².